The zero-order chi connectivity index (χ0) is 41.1. The smallest absolute Gasteiger partial charge is 0.137 e. The van der Waals surface area contributed by atoms with Crippen LogP contribution in [0.3, 0.4) is 0 Å². The van der Waals surface area contributed by atoms with Crippen molar-refractivity contribution in [2.75, 3.05) is 4.90 Å². The molecule has 3 nitrogen and oxygen atoms in total. The van der Waals surface area contributed by atoms with Crippen molar-refractivity contribution in [2.45, 2.75) is 19.3 Å². The number of furan rings is 1. The van der Waals surface area contributed by atoms with E-state index in [1.807, 2.05) is 6.07 Å². The Labute approximate surface area is 359 Å². The first-order valence-corrected chi connectivity index (χ1v) is 21.5. The van der Waals surface area contributed by atoms with Crippen LogP contribution in [0.2, 0.25) is 0 Å². The molecule has 292 valence electrons. The van der Waals surface area contributed by atoms with E-state index in [2.05, 4.69) is 224 Å². The van der Waals surface area contributed by atoms with Gasteiger partial charge in [-0.15, -0.1) is 0 Å². The summed E-state index contributed by atoms with van der Waals surface area (Å²) in [5.74, 6) is 0. The van der Waals surface area contributed by atoms with E-state index < -0.39 is 0 Å². The minimum atomic E-state index is -0.183. The van der Waals surface area contributed by atoms with E-state index in [4.69, 9.17) is 4.42 Å². The summed E-state index contributed by atoms with van der Waals surface area (Å²) >= 11 is 0. The molecule has 0 unspecified atom stereocenters. The van der Waals surface area contributed by atoms with Crippen molar-refractivity contribution in [3.05, 3.63) is 217 Å². The standard InChI is InChI=1S/C59H40N2O/c1-59(2)51-25-11-7-20-43(51)44-32-30-38(35-52(44)59)60(39-31-33-48-47-23-10-14-29-56(47)62-57(48)36-39)55-28-15-24-49(50-34-37-16-3-4-17-40(37)41-18-5-6-19-42(41)50)58(55)61-53-26-12-8-21-45(53)46-22-9-13-27-54(46)61/h3-36H,1-2H3. The van der Waals surface area contributed by atoms with Crippen LogP contribution >= 0.6 is 0 Å². The molecule has 0 spiro atoms. The van der Waals surface area contributed by atoms with Crippen molar-refractivity contribution in [3.8, 4) is 27.9 Å². The monoisotopic (exact) mass is 792 g/mol. The molecule has 0 saturated carbocycles. The van der Waals surface area contributed by atoms with E-state index in [1.54, 1.807) is 0 Å². The first-order valence-electron chi connectivity index (χ1n) is 21.5. The first-order chi connectivity index (χ1) is 30.5. The minimum absolute atomic E-state index is 0.183. The molecule has 1 aliphatic carbocycles. The Hall–Kier alpha value is -7.88. The maximum atomic E-state index is 6.63. The highest BCUT2D eigenvalue weighted by molar-refractivity contribution is 6.16. The van der Waals surface area contributed by atoms with Crippen LogP contribution in [-0.2, 0) is 5.41 Å². The van der Waals surface area contributed by atoms with Crippen LogP contribution in [0.5, 0.6) is 0 Å². The Morgan fingerprint density at radius 2 is 0.968 bits per heavy atom. The second-order valence-corrected chi connectivity index (χ2v) is 17.2. The van der Waals surface area contributed by atoms with Gasteiger partial charge in [-0.1, -0.05) is 159 Å². The minimum Gasteiger partial charge on any atom is -0.456 e. The van der Waals surface area contributed by atoms with Crippen molar-refractivity contribution in [1.29, 1.82) is 0 Å². The Balaban J connectivity index is 1.17. The molecule has 0 bridgehead atoms. The zero-order valence-electron chi connectivity index (χ0n) is 34.4. The number of rotatable bonds is 5. The third-order valence-corrected chi connectivity index (χ3v) is 13.6. The number of benzene rings is 10. The third kappa shape index (κ3) is 4.94. The van der Waals surface area contributed by atoms with Gasteiger partial charge >= 0.3 is 0 Å². The maximum absolute atomic E-state index is 6.63. The van der Waals surface area contributed by atoms with Gasteiger partial charge in [-0.25, -0.2) is 0 Å². The normalized spacial score (nSPS) is 13.1. The highest BCUT2D eigenvalue weighted by Gasteiger charge is 2.36. The molecule has 62 heavy (non-hydrogen) atoms. The van der Waals surface area contributed by atoms with E-state index in [-0.39, 0.29) is 5.41 Å². The lowest BCUT2D eigenvalue weighted by atomic mass is 9.82. The molecule has 13 rings (SSSR count). The van der Waals surface area contributed by atoms with Crippen LogP contribution in [0, 0.1) is 0 Å². The van der Waals surface area contributed by atoms with Crippen LogP contribution in [0.15, 0.2) is 211 Å². The first kappa shape index (κ1) is 34.9. The lowest BCUT2D eigenvalue weighted by Gasteiger charge is -2.31. The lowest BCUT2D eigenvalue weighted by molar-refractivity contribution is 0.660. The van der Waals surface area contributed by atoms with Crippen LogP contribution < -0.4 is 4.90 Å². The largest absolute Gasteiger partial charge is 0.456 e. The number of fused-ring (bicyclic) bond motifs is 12. The van der Waals surface area contributed by atoms with Gasteiger partial charge in [0, 0.05) is 50.0 Å². The number of para-hydroxylation sites is 4. The SMILES string of the molecule is CC1(C)c2ccccc2-c2ccc(N(c3ccc4c(c3)oc3ccccc34)c3cccc(-c4cc5ccccc5c5ccccc45)c3-n3c4ccccc4c4ccccc43)cc21. The molecule has 1 aliphatic rings. The molecular formula is C59H40N2O. The predicted octanol–water partition coefficient (Wildman–Crippen LogP) is 16.4. The van der Waals surface area contributed by atoms with Gasteiger partial charge in [0.25, 0.3) is 0 Å². The van der Waals surface area contributed by atoms with Gasteiger partial charge in [0.1, 0.15) is 11.2 Å². The van der Waals surface area contributed by atoms with Gasteiger partial charge in [0.15, 0.2) is 0 Å². The highest BCUT2D eigenvalue weighted by Crippen LogP contribution is 2.53. The van der Waals surface area contributed by atoms with Crippen molar-refractivity contribution in [2.24, 2.45) is 0 Å². The summed E-state index contributed by atoms with van der Waals surface area (Å²) in [6.45, 7) is 4.72. The summed E-state index contributed by atoms with van der Waals surface area (Å²) in [5, 5.41) is 9.60. The third-order valence-electron chi connectivity index (χ3n) is 13.6. The van der Waals surface area contributed by atoms with Crippen molar-refractivity contribution >= 4 is 82.4 Å². The van der Waals surface area contributed by atoms with Crippen molar-refractivity contribution in [3.63, 3.8) is 0 Å². The topological polar surface area (TPSA) is 21.3 Å². The number of hydrogen-bond donors (Lipinski definition) is 0. The number of aromatic nitrogens is 1. The van der Waals surface area contributed by atoms with Crippen LogP contribution in [0.1, 0.15) is 25.0 Å². The predicted molar refractivity (Wildman–Crippen MR) is 261 cm³/mol. The second kappa shape index (κ2) is 13.1. The Kier molecular flexibility index (Phi) is 7.36. The van der Waals surface area contributed by atoms with Gasteiger partial charge in [-0.3, -0.25) is 0 Å². The van der Waals surface area contributed by atoms with Crippen LogP contribution in [0.25, 0.3) is 93.2 Å². The van der Waals surface area contributed by atoms with Crippen LogP contribution in [-0.4, -0.2) is 4.57 Å². The molecule has 0 amide bonds. The quantitative estimate of drug-likeness (QED) is 0.162. The van der Waals surface area contributed by atoms with Gasteiger partial charge < -0.3 is 13.9 Å². The van der Waals surface area contributed by atoms with E-state index in [0.29, 0.717) is 0 Å². The molecule has 0 aliphatic heterocycles. The number of anilines is 3. The Morgan fingerprint density at radius 1 is 0.387 bits per heavy atom. The summed E-state index contributed by atoms with van der Waals surface area (Å²) in [6.07, 6.45) is 0. The fraction of sp³-hybridized carbons (Fsp3) is 0.0508. The molecule has 0 N–H and O–H groups in total. The molecule has 2 aromatic heterocycles. The second-order valence-electron chi connectivity index (χ2n) is 17.2. The molecule has 12 aromatic rings. The molecule has 10 aromatic carbocycles. The zero-order valence-corrected chi connectivity index (χ0v) is 34.4. The van der Waals surface area contributed by atoms with Crippen LogP contribution in [0.4, 0.5) is 17.1 Å². The summed E-state index contributed by atoms with van der Waals surface area (Å²) in [7, 11) is 0. The molecular weight excluding hydrogens is 753 g/mol. The van der Waals surface area contributed by atoms with E-state index in [1.165, 1.54) is 60.1 Å². The van der Waals surface area contributed by atoms with E-state index >= 15 is 0 Å². The molecule has 3 heteroatoms. The average molecular weight is 793 g/mol. The molecule has 2 heterocycles. The lowest BCUT2D eigenvalue weighted by Crippen LogP contribution is -2.17. The Morgan fingerprint density at radius 3 is 1.77 bits per heavy atom. The van der Waals surface area contributed by atoms with Gasteiger partial charge in [0.2, 0.25) is 0 Å². The summed E-state index contributed by atoms with van der Waals surface area (Å²) in [5.41, 5.74) is 15.8. The molecule has 0 fully saturated rings. The molecule has 0 radical (unpaired) electrons. The van der Waals surface area contributed by atoms with E-state index in [0.717, 1.165) is 61.3 Å². The fourth-order valence-electron chi connectivity index (χ4n) is 10.7. The van der Waals surface area contributed by atoms with Gasteiger partial charge in [-0.05, 0) is 104 Å². The Bertz CT molecular complexity index is 3750. The maximum Gasteiger partial charge on any atom is 0.137 e. The highest BCUT2D eigenvalue weighted by atomic mass is 16.3. The van der Waals surface area contributed by atoms with E-state index in [9.17, 15) is 0 Å². The average Bonchev–Trinajstić information content (AvgIpc) is 3.94. The number of nitrogens with zero attached hydrogens (tertiary/aromatic N) is 2. The number of hydrogen-bond acceptors (Lipinski definition) is 2. The molecule has 0 atom stereocenters. The summed E-state index contributed by atoms with van der Waals surface area (Å²) < 4.78 is 9.15. The van der Waals surface area contributed by atoms with Gasteiger partial charge in [-0.2, -0.15) is 0 Å². The molecule has 0 saturated heterocycles. The van der Waals surface area contributed by atoms with Crippen molar-refractivity contribution in [1.82, 2.24) is 4.57 Å². The summed E-state index contributed by atoms with van der Waals surface area (Å²) in [4.78, 5) is 2.47. The summed E-state index contributed by atoms with van der Waals surface area (Å²) in [6, 6.07) is 75.7. The van der Waals surface area contributed by atoms with Gasteiger partial charge in [0.05, 0.1) is 22.4 Å². The fourth-order valence-corrected chi connectivity index (χ4v) is 10.7. The van der Waals surface area contributed by atoms with Crippen molar-refractivity contribution < 1.29 is 4.42 Å².